The molecule has 3 rings (SSSR count). The average Bonchev–Trinajstić information content (AvgIpc) is 3.32. The van der Waals surface area contributed by atoms with Crippen LogP contribution >= 0.6 is 11.3 Å². The van der Waals surface area contributed by atoms with E-state index in [1.54, 1.807) is 6.92 Å². The second-order valence-electron chi connectivity index (χ2n) is 6.46. The van der Waals surface area contributed by atoms with Crippen LogP contribution in [0.3, 0.4) is 0 Å². The van der Waals surface area contributed by atoms with E-state index < -0.39 is 29.5 Å². The Morgan fingerprint density at radius 2 is 2.14 bits per heavy atom. The van der Waals surface area contributed by atoms with E-state index in [9.17, 15) is 23.5 Å². The number of nitrogens with zero attached hydrogens (tertiary/aromatic N) is 1. The summed E-state index contributed by atoms with van der Waals surface area (Å²) < 4.78 is 26.3. The number of hydrogen-bond acceptors (Lipinski definition) is 6. The summed E-state index contributed by atoms with van der Waals surface area (Å²) >= 11 is 1.28. The van der Waals surface area contributed by atoms with Gasteiger partial charge in [0, 0.05) is 17.8 Å². The number of aromatic nitrogens is 1. The molecule has 0 spiro atoms. The molecule has 150 valence electrons. The summed E-state index contributed by atoms with van der Waals surface area (Å²) in [4.78, 5) is 29.7. The van der Waals surface area contributed by atoms with Crippen LogP contribution < -0.4 is 16.0 Å². The predicted molar refractivity (Wildman–Crippen MR) is 99.7 cm³/mol. The molecule has 1 aliphatic rings. The van der Waals surface area contributed by atoms with E-state index in [-0.39, 0.29) is 18.3 Å². The van der Waals surface area contributed by atoms with Gasteiger partial charge in [-0.05, 0) is 38.4 Å². The standard InChI is InChI=1S/C18H20F2N4O3S/c1-9-14(8-25)28-18(22-9)15(13-3-2-6-21-13)24-17(27)16(26)23-10-4-5-11(19)12(20)7-10/h4-5,7,13,15,21,25H,2-3,6,8H2,1H3,(H,23,26)(H,24,27). The third-order valence-electron chi connectivity index (χ3n) is 4.49. The average molecular weight is 410 g/mol. The zero-order valence-corrected chi connectivity index (χ0v) is 15.9. The molecule has 1 aliphatic heterocycles. The third kappa shape index (κ3) is 4.51. The summed E-state index contributed by atoms with van der Waals surface area (Å²) in [5, 5.41) is 18.2. The van der Waals surface area contributed by atoms with Gasteiger partial charge in [0.05, 0.1) is 23.2 Å². The highest BCUT2D eigenvalue weighted by Gasteiger charge is 2.32. The molecular formula is C18H20F2N4O3S. The largest absolute Gasteiger partial charge is 0.391 e. The van der Waals surface area contributed by atoms with Crippen molar-refractivity contribution in [3.8, 4) is 0 Å². The fourth-order valence-corrected chi connectivity index (χ4v) is 4.07. The first-order chi connectivity index (χ1) is 13.4. The van der Waals surface area contributed by atoms with Crippen LogP contribution in [0, 0.1) is 18.6 Å². The normalized spacial score (nSPS) is 17.4. The number of rotatable bonds is 5. The summed E-state index contributed by atoms with van der Waals surface area (Å²) in [6.07, 6.45) is 1.72. The summed E-state index contributed by atoms with van der Waals surface area (Å²) in [6, 6.07) is 2.18. The Labute approximate surface area is 164 Å². The van der Waals surface area contributed by atoms with Gasteiger partial charge >= 0.3 is 11.8 Å². The zero-order valence-electron chi connectivity index (χ0n) is 15.1. The van der Waals surface area contributed by atoms with Crippen molar-refractivity contribution in [2.45, 2.75) is 38.5 Å². The number of thiazole rings is 1. The minimum atomic E-state index is -1.12. The zero-order chi connectivity index (χ0) is 20.3. The van der Waals surface area contributed by atoms with Crippen LogP contribution in [0.5, 0.6) is 0 Å². The number of carbonyl (C=O) groups is 2. The highest BCUT2D eigenvalue weighted by molar-refractivity contribution is 7.11. The molecule has 2 amide bonds. The molecule has 28 heavy (non-hydrogen) atoms. The highest BCUT2D eigenvalue weighted by atomic mass is 32.1. The van der Waals surface area contributed by atoms with Crippen molar-refractivity contribution >= 4 is 28.8 Å². The minimum Gasteiger partial charge on any atom is -0.391 e. The van der Waals surface area contributed by atoms with Crippen LogP contribution in [0.1, 0.15) is 34.5 Å². The molecule has 7 nitrogen and oxygen atoms in total. The Balaban J connectivity index is 1.74. The topological polar surface area (TPSA) is 103 Å². The minimum absolute atomic E-state index is 0.0257. The fraction of sp³-hybridized carbons (Fsp3) is 0.389. The quantitative estimate of drug-likeness (QED) is 0.563. The highest BCUT2D eigenvalue weighted by Crippen LogP contribution is 2.29. The maximum absolute atomic E-state index is 13.3. The van der Waals surface area contributed by atoms with Crippen LogP contribution in [-0.4, -0.2) is 34.5 Å². The van der Waals surface area contributed by atoms with Crippen molar-refractivity contribution in [2.75, 3.05) is 11.9 Å². The van der Waals surface area contributed by atoms with Gasteiger partial charge in [0.25, 0.3) is 0 Å². The van der Waals surface area contributed by atoms with Crippen LogP contribution in [-0.2, 0) is 16.2 Å². The number of hydrogen-bond donors (Lipinski definition) is 4. The molecule has 1 saturated heterocycles. The Morgan fingerprint density at radius 3 is 2.75 bits per heavy atom. The lowest BCUT2D eigenvalue weighted by molar-refractivity contribution is -0.136. The Hall–Kier alpha value is -2.43. The third-order valence-corrected chi connectivity index (χ3v) is 5.72. The van der Waals surface area contributed by atoms with Crippen molar-refractivity contribution in [3.05, 3.63) is 45.4 Å². The smallest absolute Gasteiger partial charge is 0.313 e. The Morgan fingerprint density at radius 1 is 1.36 bits per heavy atom. The molecule has 10 heteroatoms. The van der Waals surface area contributed by atoms with E-state index in [0.717, 1.165) is 37.6 Å². The van der Waals surface area contributed by atoms with Crippen LogP contribution in [0.2, 0.25) is 0 Å². The number of aryl methyl sites for hydroxylation is 1. The molecule has 0 aliphatic carbocycles. The number of amides is 2. The van der Waals surface area contributed by atoms with Gasteiger partial charge in [-0.25, -0.2) is 13.8 Å². The SMILES string of the molecule is Cc1nc(C(NC(=O)C(=O)Nc2ccc(F)c(F)c2)C2CCCN2)sc1CO. The Kier molecular flexibility index (Phi) is 6.32. The van der Waals surface area contributed by atoms with Crippen molar-refractivity contribution in [1.29, 1.82) is 0 Å². The summed E-state index contributed by atoms with van der Waals surface area (Å²) in [6.45, 7) is 2.40. The van der Waals surface area contributed by atoms with E-state index in [1.165, 1.54) is 11.3 Å². The van der Waals surface area contributed by atoms with Gasteiger partial charge < -0.3 is 21.1 Å². The van der Waals surface area contributed by atoms with Gasteiger partial charge in [-0.2, -0.15) is 0 Å². The van der Waals surface area contributed by atoms with Crippen LogP contribution in [0.15, 0.2) is 18.2 Å². The number of nitrogens with one attached hydrogen (secondary N) is 3. The van der Waals surface area contributed by atoms with Crippen LogP contribution in [0.25, 0.3) is 0 Å². The van der Waals surface area contributed by atoms with E-state index >= 15 is 0 Å². The van der Waals surface area contributed by atoms with Gasteiger partial charge in [-0.3, -0.25) is 9.59 Å². The molecule has 0 saturated carbocycles. The van der Waals surface area contributed by atoms with E-state index in [1.807, 2.05) is 0 Å². The number of benzene rings is 1. The van der Waals surface area contributed by atoms with Crippen molar-refractivity contribution in [2.24, 2.45) is 0 Å². The number of carbonyl (C=O) groups excluding carboxylic acids is 2. The number of anilines is 1. The lowest BCUT2D eigenvalue weighted by Crippen LogP contribution is -2.44. The molecule has 1 fully saturated rings. The predicted octanol–water partition coefficient (Wildman–Crippen LogP) is 1.77. The Bertz CT molecular complexity index is 884. The van der Waals surface area contributed by atoms with Crippen molar-refractivity contribution in [3.63, 3.8) is 0 Å². The van der Waals surface area contributed by atoms with Crippen LogP contribution in [0.4, 0.5) is 14.5 Å². The molecule has 2 heterocycles. The first kappa shape index (κ1) is 20.3. The fourth-order valence-electron chi connectivity index (χ4n) is 3.03. The van der Waals surface area contributed by atoms with Crippen molar-refractivity contribution < 1.29 is 23.5 Å². The first-order valence-electron chi connectivity index (χ1n) is 8.76. The molecule has 4 N–H and O–H groups in total. The summed E-state index contributed by atoms with van der Waals surface area (Å²) in [5.41, 5.74) is 0.647. The molecule has 2 atom stereocenters. The summed E-state index contributed by atoms with van der Waals surface area (Å²) in [5.74, 6) is -4.08. The number of aliphatic hydroxyl groups is 1. The molecule has 0 bridgehead atoms. The van der Waals surface area contributed by atoms with Gasteiger partial charge in [-0.15, -0.1) is 11.3 Å². The van der Waals surface area contributed by atoms with Gasteiger partial charge in [0.15, 0.2) is 11.6 Å². The lowest BCUT2D eigenvalue weighted by Gasteiger charge is -2.23. The molecular weight excluding hydrogens is 390 g/mol. The van der Waals surface area contributed by atoms with E-state index in [4.69, 9.17) is 0 Å². The second kappa shape index (κ2) is 8.72. The maximum Gasteiger partial charge on any atom is 0.313 e. The molecule has 0 radical (unpaired) electrons. The van der Waals surface area contributed by atoms with Gasteiger partial charge in [0.2, 0.25) is 0 Å². The van der Waals surface area contributed by atoms with E-state index in [0.29, 0.717) is 15.6 Å². The van der Waals surface area contributed by atoms with Crippen molar-refractivity contribution in [1.82, 2.24) is 15.6 Å². The molecule has 1 aromatic carbocycles. The first-order valence-corrected chi connectivity index (χ1v) is 9.58. The molecule has 1 aromatic heterocycles. The van der Waals surface area contributed by atoms with Gasteiger partial charge in [0.1, 0.15) is 5.01 Å². The maximum atomic E-state index is 13.3. The second-order valence-corrected chi connectivity index (χ2v) is 7.57. The molecule has 2 unspecified atom stereocenters. The van der Waals surface area contributed by atoms with E-state index in [2.05, 4.69) is 20.9 Å². The molecule has 2 aromatic rings. The lowest BCUT2D eigenvalue weighted by atomic mass is 10.1. The van der Waals surface area contributed by atoms with Gasteiger partial charge in [-0.1, -0.05) is 0 Å². The summed E-state index contributed by atoms with van der Waals surface area (Å²) in [7, 11) is 0. The number of halogens is 2. The number of aliphatic hydroxyl groups excluding tert-OH is 1. The monoisotopic (exact) mass is 410 g/mol.